The van der Waals surface area contributed by atoms with Crippen molar-refractivity contribution in [1.29, 1.82) is 0 Å². The van der Waals surface area contributed by atoms with E-state index in [1.165, 1.54) is 16.7 Å². The summed E-state index contributed by atoms with van der Waals surface area (Å²) in [5.41, 5.74) is 9.98. The highest BCUT2D eigenvalue weighted by molar-refractivity contribution is 5.85. The highest BCUT2D eigenvalue weighted by atomic mass is 35.5. The molecule has 0 spiro atoms. The van der Waals surface area contributed by atoms with Crippen molar-refractivity contribution in [3.8, 4) is 5.75 Å². The topological polar surface area (TPSA) is 38.5 Å². The molecule has 0 radical (unpaired) electrons. The Labute approximate surface area is 151 Å². The minimum absolute atomic E-state index is 0. The van der Waals surface area contributed by atoms with Gasteiger partial charge in [0.05, 0.1) is 7.11 Å². The monoisotopic (exact) mass is 346 g/mol. The van der Waals surface area contributed by atoms with E-state index in [1.807, 2.05) is 0 Å². The van der Waals surface area contributed by atoms with E-state index in [0.717, 1.165) is 31.9 Å². The van der Waals surface area contributed by atoms with Crippen molar-refractivity contribution in [1.82, 2.24) is 4.90 Å². The number of rotatable bonds is 5. The third-order valence-electron chi connectivity index (χ3n) is 4.91. The molecule has 1 heterocycles. The van der Waals surface area contributed by atoms with Crippen LogP contribution in [0.1, 0.15) is 22.6 Å². The number of hydrogen-bond acceptors (Lipinski definition) is 3. The fraction of sp³-hybridized carbons (Fsp3) is 0.400. The molecule has 4 heteroatoms. The van der Waals surface area contributed by atoms with E-state index in [0.29, 0.717) is 11.8 Å². The molecule has 3 nitrogen and oxygen atoms in total. The van der Waals surface area contributed by atoms with Gasteiger partial charge in [-0.2, -0.15) is 0 Å². The Bertz CT molecular complexity index is 647. The lowest BCUT2D eigenvalue weighted by atomic mass is 9.89. The lowest BCUT2D eigenvalue weighted by Gasteiger charge is -2.17. The average molecular weight is 347 g/mol. The van der Waals surface area contributed by atoms with Crippen LogP contribution in [-0.2, 0) is 6.54 Å². The van der Waals surface area contributed by atoms with Crippen molar-refractivity contribution in [3.05, 3.63) is 65.2 Å². The first kappa shape index (κ1) is 18.8. The van der Waals surface area contributed by atoms with Gasteiger partial charge >= 0.3 is 0 Å². The summed E-state index contributed by atoms with van der Waals surface area (Å²) in [7, 11) is 1.72. The van der Waals surface area contributed by atoms with Gasteiger partial charge in [-0.25, -0.2) is 0 Å². The molecule has 1 saturated heterocycles. The molecule has 2 atom stereocenters. The van der Waals surface area contributed by atoms with Gasteiger partial charge in [0, 0.05) is 25.6 Å². The number of aryl methyl sites for hydroxylation is 1. The van der Waals surface area contributed by atoms with Crippen LogP contribution in [0.4, 0.5) is 0 Å². The second-order valence-corrected chi connectivity index (χ2v) is 6.51. The van der Waals surface area contributed by atoms with Gasteiger partial charge in [-0.1, -0.05) is 42.5 Å². The summed E-state index contributed by atoms with van der Waals surface area (Å²) in [4.78, 5) is 2.52. The predicted octanol–water partition coefficient (Wildman–Crippen LogP) is 3.60. The van der Waals surface area contributed by atoms with Crippen LogP contribution >= 0.6 is 12.4 Å². The van der Waals surface area contributed by atoms with Gasteiger partial charge < -0.3 is 10.5 Å². The molecule has 2 aromatic carbocycles. The number of likely N-dealkylation sites (tertiary alicyclic amines) is 1. The van der Waals surface area contributed by atoms with Crippen LogP contribution in [0.5, 0.6) is 5.75 Å². The van der Waals surface area contributed by atoms with Gasteiger partial charge in [0.25, 0.3) is 0 Å². The van der Waals surface area contributed by atoms with E-state index in [9.17, 15) is 0 Å². The van der Waals surface area contributed by atoms with Crippen molar-refractivity contribution < 1.29 is 4.74 Å². The van der Waals surface area contributed by atoms with E-state index in [4.69, 9.17) is 10.5 Å². The van der Waals surface area contributed by atoms with E-state index in [1.54, 1.807) is 7.11 Å². The molecule has 0 bridgehead atoms. The van der Waals surface area contributed by atoms with Gasteiger partial charge in [0.2, 0.25) is 0 Å². The van der Waals surface area contributed by atoms with Crippen LogP contribution < -0.4 is 10.5 Å². The lowest BCUT2D eigenvalue weighted by molar-refractivity contribution is 0.316. The van der Waals surface area contributed by atoms with Crippen LogP contribution in [0.15, 0.2) is 48.5 Å². The first-order valence-corrected chi connectivity index (χ1v) is 8.32. The fourth-order valence-corrected chi connectivity index (χ4v) is 3.70. The Morgan fingerprint density at radius 3 is 2.50 bits per heavy atom. The first-order chi connectivity index (χ1) is 11.2. The number of halogens is 1. The Hall–Kier alpha value is -1.55. The molecule has 3 rings (SSSR count). The third kappa shape index (κ3) is 4.10. The van der Waals surface area contributed by atoms with Crippen LogP contribution in [0.25, 0.3) is 0 Å². The van der Waals surface area contributed by atoms with Crippen molar-refractivity contribution in [2.24, 2.45) is 11.7 Å². The summed E-state index contributed by atoms with van der Waals surface area (Å²) < 4.78 is 5.35. The van der Waals surface area contributed by atoms with Crippen molar-refractivity contribution in [3.63, 3.8) is 0 Å². The van der Waals surface area contributed by atoms with Crippen LogP contribution in [-0.4, -0.2) is 31.6 Å². The standard InChI is InChI=1S/C20H26N2O.ClH/c1-15-10-16(8-9-20(15)23-2)12-22-13-18(11-21)19(14-22)17-6-4-3-5-7-17;/h3-10,18-19H,11-14,21H2,1-2H3;1H/t18-,19+;/m1./s1. The normalized spacial score (nSPS) is 20.6. The Kier molecular flexibility index (Phi) is 6.67. The van der Waals surface area contributed by atoms with E-state index < -0.39 is 0 Å². The van der Waals surface area contributed by atoms with Gasteiger partial charge in [-0.3, -0.25) is 4.90 Å². The van der Waals surface area contributed by atoms with Crippen LogP contribution in [0.2, 0.25) is 0 Å². The number of hydrogen-bond donors (Lipinski definition) is 1. The summed E-state index contributed by atoms with van der Waals surface area (Å²) in [6.07, 6.45) is 0. The number of benzene rings is 2. The number of ether oxygens (including phenoxy) is 1. The third-order valence-corrected chi connectivity index (χ3v) is 4.91. The molecule has 1 fully saturated rings. The first-order valence-electron chi connectivity index (χ1n) is 8.32. The predicted molar refractivity (Wildman–Crippen MR) is 102 cm³/mol. The molecule has 130 valence electrons. The SMILES string of the molecule is COc1ccc(CN2C[C@@H](CN)[C@H](c3ccccc3)C2)cc1C.Cl. The van der Waals surface area contributed by atoms with Gasteiger partial charge in [-0.05, 0) is 42.1 Å². The molecule has 2 N–H and O–H groups in total. The number of methoxy groups -OCH3 is 1. The average Bonchev–Trinajstić information content (AvgIpc) is 2.99. The molecule has 1 aliphatic rings. The molecule has 24 heavy (non-hydrogen) atoms. The van der Waals surface area contributed by atoms with E-state index in [2.05, 4.69) is 60.4 Å². The minimum atomic E-state index is 0. The second kappa shape index (κ2) is 8.52. The zero-order valence-electron chi connectivity index (χ0n) is 14.4. The molecular formula is C20H27ClN2O. The lowest BCUT2D eigenvalue weighted by Crippen LogP contribution is -2.23. The quantitative estimate of drug-likeness (QED) is 0.899. The maximum Gasteiger partial charge on any atom is 0.121 e. The Morgan fingerprint density at radius 1 is 1.12 bits per heavy atom. The molecular weight excluding hydrogens is 320 g/mol. The number of nitrogens with two attached hydrogens (primary N) is 1. The van der Waals surface area contributed by atoms with E-state index >= 15 is 0 Å². The summed E-state index contributed by atoms with van der Waals surface area (Å²) >= 11 is 0. The summed E-state index contributed by atoms with van der Waals surface area (Å²) in [5.74, 6) is 2.04. The summed E-state index contributed by atoms with van der Waals surface area (Å²) in [5, 5.41) is 0. The van der Waals surface area contributed by atoms with Gasteiger partial charge in [0.15, 0.2) is 0 Å². The summed E-state index contributed by atoms with van der Waals surface area (Å²) in [6.45, 7) is 5.97. The van der Waals surface area contributed by atoms with Crippen LogP contribution in [0.3, 0.4) is 0 Å². The molecule has 0 amide bonds. The molecule has 0 aliphatic carbocycles. The molecule has 2 aromatic rings. The van der Waals surface area contributed by atoms with Gasteiger partial charge in [-0.15, -0.1) is 12.4 Å². The highest BCUT2D eigenvalue weighted by Crippen LogP contribution is 2.33. The van der Waals surface area contributed by atoms with Crippen molar-refractivity contribution in [2.75, 3.05) is 26.7 Å². The Balaban J connectivity index is 0.00000208. The van der Waals surface area contributed by atoms with Gasteiger partial charge in [0.1, 0.15) is 5.75 Å². The molecule has 0 saturated carbocycles. The molecule has 1 aliphatic heterocycles. The Morgan fingerprint density at radius 2 is 1.88 bits per heavy atom. The molecule has 0 unspecified atom stereocenters. The largest absolute Gasteiger partial charge is 0.496 e. The summed E-state index contributed by atoms with van der Waals surface area (Å²) in [6, 6.07) is 17.2. The molecule has 0 aromatic heterocycles. The second-order valence-electron chi connectivity index (χ2n) is 6.51. The maximum atomic E-state index is 6.04. The highest BCUT2D eigenvalue weighted by Gasteiger charge is 2.32. The number of nitrogens with zero attached hydrogens (tertiary/aromatic N) is 1. The van der Waals surface area contributed by atoms with Crippen molar-refractivity contribution in [2.45, 2.75) is 19.4 Å². The minimum Gasteiger partial charge on any atom is -0.496 e. The van der Waals surface area contributed by atoms with Crippen molar-refractivity contribution >= 4 is 12.4 Å². The zero-order chi connectivity index (χ0) is 16.2. The smallest absolute Gasteiger partial charge is 0.121 e. The maximum absolute atomic E-state index is 6.04. The van der Waals surface area contributed by atoms with E-state index in [-0.39, 0.29) is 12.4 Å². The zero-order valence-corrected chi connectivity index (χ0v) is 15.3. The van der Waals surface area contributed by atoms with Crippen LogP contribution in [0, 0.1) is 12.8 Å². The fourth-order valence-electron chi connectivity index (χ4n) is 3.70.